The summed E-state index contributed by atoms with van der Waals surface area (Å²) in [5.74, 6) is 0.907. The molecule has 0 saturated carbocycles. The largest absolute Gasteiger partial charge is 0.350 e. The lowest BCUT2D eigenvalue weighted by Crippen LogP contribution is -2.26. The Labute approximate surface area is 137 Å². The Morgan fingerprint density at radius 1 is 1.09 bits per heavy atom. The Kier molecular flexibility index (Phi) is 6.08. The van der Waals surface area contributed by atoms with E-state index in [0.29, 0.717) is 6.42 Å². The summed E-state index contributed by atoms with van der Waals surface area (Å²) in [6, 6.07) is 16.6. The molecule has 116 valence electrons. The molecule has 2 aromatic rings. The molecule has 0 spiro atoms. The van der Waals surface area contributed by atoms with Gasteiger partial charge in [-0.2, -0.15) is 0 Å². The summed E-state index contributed by atoms with van der Waals surface area (Å²) >= 11 is 1.72. The predicted molar refractivity (Wildman–Crippen MR) is 94.3 cm³/mol. The highest BCUT2D eigenvalue weighted by molar-refractivity contribution is 7.99. The molecular formula is C19H23NOS. The van der Waals surface area contributed by atoms with E-state index in [1.807, 2.05) is 25.1 Å². The number of nitrogens with one attached hydrogen (secondary N) is 1. The third-order valence-electron chi connectivity index (χ3n) is 3.75. The SMILES string of the molecule is Cc1ccc(C(C)NC(=O)CCSc2ccccc2)cc1C. The van der Waals surface area contributed by atoms with Crippen LogP contribution in [-0.2, 0) is 4.79 Å². The van der Waals surface area contributed by atoms with Crippen LogP contribution in [0.5, 0.6) is 0 Å². The Morgan fingerprint density at radius 3 is 2.50 bits per heavy atom. The van der Waals surface area contributed by atoms with Crippen molar-refractivity contribution in [3.8, 4) is 0 Å². The molecule has 1 atom stereocenters. The highest BCUT2D eigenvalue weighted by atomic mass is 32.2. The van der Waals surface area contributed by atoms with Crippen molar-refractivity contribution in [3.63, 3.8) is 0 Å². The minimum absolute atomic E-state index is 0.0496. The van der Waals surface area contributed by atoms with Crippen molar-refractivity contribution in [2.45, 2.75) is 38.1 Å². The number of carbonyl (C=O) groups is 1. The van der Waals surface area contributed by atoms with Crippen molar-refractivity contribution in [1.29, 1.82) is 0 Å². The quantitative estimate of drug-likeness (QED) is 0.786. The van der Waals surface area contributed by atoms with E-state index < -0.39 is 0 Å². The molecule has 1 N–H and O–H groups in total. The molecule has 1 amide bonds. The van der Waals surface area contributed by atoms with E-state index in [4.69, 9.17) is 0 Å². The minimum atomic E-state index is 0.0496. The number of benzene rings is 2. The van der Waals surface area contributed by atoms with E-state index in [-0.39, 0.29) is 11.9 Å². The minimum Gasteiger partial charge on any atom is -0.350 e. The van der Waals surface area contributed by atoms with Gasteiger partial charge < -0.3 is 5.32 Å². The number of rotatable bonds is 6. The maximum atomic E-state index is 12.0. The van der Waals surface area contributed by atoms with E-state index in [9.17, 15) is 4.79 Å². The normalized spacial score (nSPS) is 12.0. The number of carbonyl (C=O) groups excluding carboxylic acids is 1. The molecule has 0 aliphatic carbocycles. The lowest BCUT2D eigenvalue weighted by molar-refractivity contribution is -0.121. The summed E-state index contributed by atoms with van der Waals surface area (Å²) in [6.07, 6.45) is 0.536. The second-order valence-electron chi connectivity index (χ2n) is 5.54. The zero-order chi connectivity index (χ0) is 15.9. The zero-order valence-corrected chi connectivity index (χ0v) is 14.2. The molecule has 2 aromatic carbocycles. The fourth-order valence-corrected chi connectivity index (χ4v) is 3.08. The van der Waals surface area contributed by atoms with Gasteiger partial charge in [-0.1, -0.05) is 36.4 Å². The van der Waals surface area contributed by atoms with Crippen LogP contribution in [0, 0.1) is 13.8 Å². The molecule has 1 unspecified atom stereocenters. The first kappa shape index (κ1) is 16.6. The maximum Gasteiger partial charge on any atom is 0.221 e. The monoisotopic (exact) mass is 313 g/mol. The van der Waals surface area contributed by atoms with Gasteiger partial charge in [0.05, 0.1) is 6.04 Å². The molecule has 2 nitrogen and oxygen atoms in total. The van der Waals surface area contributed by atoms with Gasteiger partial charge in [-0.05, 0) is 49.6 Å². The smallest absolute Gasteiger partial charge is 0.221 e. The Balaban J connectivity index is 1.80. The number of aryl methyl sites for hydroxylation is 2. The summed E-state index contributed by atoms with van der Waals surface area (Å²) in [5, 5.41) is 3.08. The molecule has 2 rings (SSSR count). The van der Waals surface area contributed by atoms with Crippen molar-refractivity contribution >= 4 is 17.7 Å². The summed E-state index contributed by atoms with van der Waals surface area (Å²) in [6.45, 7) is 6.24. The number of hydrogen-bond acceptors (Lipinski definition) is 2. The average molecular weight is 313 g/mol. The van der Waals surface area contributed by atoms with Crippen LogP contribution in [0.15, 0.2) is 53.4 Å². The van der Waals surface area contributed by atoms with Gasteiger partial charge in [0, 0.05) is 17.1 Å². The summed E-state index contributed by atoms with van der Waals surface area (Å²) in [4.78, 5) is 13.3. The third-order valence-corrected chi connectivity index (χ3v) is 4.76. The average Bonchev–Trinajstić information content (AvgIpc) is 2.51. The highest BCUT2D eigenvalue weighted by Gasteiger charge is 2.10. The standard InChI is InChI=1S/C19H23NOS/c1-14-9-10-17(13-15(14)2)16(3)20-19(21)11-12-22-18-7-5-4-6-8-18/h4-10,13,16H,11-12H2,1-3H3,(H,20,21). The molecular weight excluding hydrogens is 290 g/mol. The predicted octanol–water partition coefficient (Wildman–Crippen LogP) is 4.66. The van der Waals surface area contributed by atoms with Gasteiger partial charge >= 0.3 is 0 Å². The van der Waals surface area contributed by atoms with Gasteiger partial charge in [-0.25, -0.2) is 0 Å². The Bertz CT molecular complexity index is 625. The van der Waals surface area contributed by atoms with Gasteiger partial charge in [0.15, 0.2) is 0 Å². The lowest BCUT2D eigenvalue weighted by atomic mass is 10.0. The molecule has 3 heteroatoms. The summed E-state index contributed by atoms with van der Waals surface area (Å²) in [7, 11) is 0. The van der Waals surface area contributed by atoms with Gasteiger partial charge in [0.2, 0.25) is 5.91 Å². The summed E-state index contributed by atoms with van der Waals surface area (Å²) in [5.41, 5.74) is 3.70. The van der Waals surface area contributed by atoms with Crippen LogP contribution in [0.2, 0.25) is 0 Å². The van der Waals surface area contributed by atoms with E-state index in [2.05, 4.69) is 49.5 Å². The third kappa shape index (κ3) is 4.92. The van der Waals surface area contributed by atoms with Crippen molar-refractivity contribution in [2.75, 3.05) is 5.75 Å². The van der Waals surface area contributed by atoms with Crippen LogP contribution in [-0.4, -0.2) is 11.7 Å². The molecule has 0 heterocycles. The fourth-order valence-electron chi connectivity index (χ4n) is 2.21. The van der Waals surface area contributed by atoms with Crippen LogP contribution in [0.1, 0.15) is 36.1 Å². The molecule has 0 aromatic heterocycles. The molecule has 0 aliphatic rings. The summed E-state index contributed by atoms with van der Waals surface area (Å²) < 4.78 is 0. The first-order chi connectivity index (χ1) is 10.6. The van der Waals surface area contributed by atoms with Crippen LogP contribution in [0.25, 0.3) is 0 Å². The van der Waals surface area contributed by atoms with Crippen molar-refractivity contribution in [3.05, 3.63) is 65.2 Å². The first-order valence-corrected chi connectivity index (χ1v) is 8.59. The van der Waals surface area contributed by atoms with Crippen LogP contribution in [0.3, 0.4) is 0 Å². The van der Waals surface area contributed by atoms with E-state index in [1.54, 1.807) is 11.8 Å². The van der Waals surface area contributed by atoms with E-state index >= 15 is 0 Å². The molecule has 0 bridgehead atoms. The van der Waals surface area contributed by atoms with Crippen LogP contribution < -0.4 is 5.32 Å². The highest BCUT2D eigenvalue weighted by Crippen LogP contribution is 2.19. The number of amides is 1. The van der Waals surface area contributed by atoms with E-state index in [0.717, 1.165) is 11.3 Å². The van der Waals surface area contributed by atoms with Gasteiger partial charge in [-0.15, -0.1) is 11.8 Å². The van der Waals surface area contributed by atoms with Crippen LogP contribution in [0.4, 0.5) is 0 Å². The van der Waals surface area contributed by atoms with Crippen molar-refractivity contribution in [1.82, 2.24) is 5.32 Å². The van der Waals surface area contributed by atoms with Gasteiger partial charge in [0.25, 0.3) is 0 Å². The topological polar surface area (TPSA) is 29.1 Å². The van der Waals surface area contributed by atoms with E-state index in [1.165, 1.54) is 16.0 Å². The molecule has 0 aliphatic heterocycles. The fraction of sp³-hybridized carbons (Fsp3) is 0.316. The maximum absolute atomic E-state index is 12.0. The zero-order valence-electron chi connectivity index (χ0n) is 13.4. The molecule has 0 saturated heterocycles. The second kappa shape index (κ2) is 8.04. The Morgan fingerprint density at radius 2 is 1.82 bits per heavy atom. The van der Waals surface area contributed by atoms with Crippen molar-refractivity contribution < 1.29 is 4.79 Å². The van der Waals surface area contributed by atoms with Gasteiger partial charge in [0.1, 0.15) is 0 Å². The number of hydrogen-bond donors (Lipinski definition) is 1. The molecule has 0 fully saturated rings. The molecule has 22 heavy (non-hydrogen) atoms. The lowest BCUT2D eigenvalue weighted by Gasteiger charge is -2.15. The Hall–Kier alpha value is -1.74. The van der Waals surface area contributed by atoms with Crippen LogP contribution >= 0.6 is 11.8 Å². The number of thioether (sulfide) groups is 1. The van der Waals surface area contributed by atoms with Crippen molar-refractivity contribution in [2.24, 2.45) is 0 Å². The second-order valence-corrected chi connectivity index (χ2v) is 6.71. The first-order valence-electron chi connectivity index (χ1n) is 7.60. The van der Waals surface area contributed by atoms with Gasteiger partial charge in [-0.3, -0.25) is 4.79 Å². The molecule has 0 radical (unpaired) electrons.